The third-order valence-corrected chi connectivity index (χ3v) is 5.30. The highest BCUT2D eigenvalue weighted by Gasteiger charge is 2.35. The topological polar surface area (TPSA) is 122 Å². The molecule has 3 N–H and O–H groups in total. The number of thiophene rings is 1. The molecule has 0 radical (unpaired) electrons. The predicted molar refractivity (Wildman–Crippen MR) is 75.6 cm³/mol. The van der Waals surface area contributed by atoms with Gasteiger partial charge in [0.25, 0.3) is 10.0 Å². The first-order chi connectivity index (χ1) is 9.71. The summed E-state index contributed by atoms with van der Waals surface area (Å²) < 4.78 is 30.5. The summed E-state index contributed by atoms with van der Waals surface area (Å²) in [4.78, 5) is 22.8. The Bertz CT molecular complexity index is 598. The molecule has 1 atom stereocenters. The van der Waals surface area contributed by atoms with E-state index in [4.69, 9.17) is 9.84 Å². The lowest BCUT2D eigenvalue weighted by molar-refractivity contribution is -0.149. The Morgan fingerprint density at radius 3 is 2.62 bits per heavy atom. The number of carbonyl (C=O) groups excluding carboxylic acids is 1. The van der Waals surface area contributed by atoms with Gasteiger partial charge in [-0.1, -0.05) is 6.07 Å². The molecule has 1 amide bonds. The fourth-order valence-electron chi connectivity index (χ4n) is 1.44. The van der Waals surface area contributed by atoms with Gasteiger partial charge in [0, 0.05) is 7.11 Å². The van der Waals surface area contributed by atoms with Gasteiger partial charge >= 0.3 is 5.97 Å². The number of rotatable bonds is 8. The van der Waals surface area contributed by atoms with Crippen LogP contribution in [0.15, 0.2) is 21.7 Å². The van der Waals surface area contributed by atoms with E-state index in [1.165, 1.54) is 20.1 Å². The number of nitrogens with one attached hydrogen (secondary N) is 2. The summed E-state index contributed by atoms with van der Waals surface area (Å²) in [5.41, 5.74) is -1.62. The lowest BCUT2D eigenvalue weighted by Gasteiger charge is -2.25. The molecule has 118 valence electrons. The number of methoxy groups -OCH3 is 1. The van der Waals surface area contributed by atoms with Gasteiger partial charge in [0.15, 0.2) is 5.54 Å². The molecule has 8 nitrogen and oxygen atoms in total. The molecule has 0 fully saturated rings. The third kappa shape index (κ3) is 4.77. The fraction of sp³-hybridized carbons (Fsp3) is 0.455. The van der Waals surface area contributed by atoms with Crippen LogP contribution in [0, 0.1) is 0 Å². The maximum Gasteiger partial charge on any atom is 0.331 e. The number of sulfonamides is 1. The number of aliphatic carboxylic acids is 1. The van der Waals surface area contributed by atoms with Crippen molar-refractivity contribution in [3.05, 3.63) is 17.5 Å². The van der Waals surface area contributed by atoms with E-state index < -0.39 is 34.0 Å². The van der Waals surface area contributed by atoms with Crippen molar-refractivity contribution in [2.45, 2.75) is 16.7 Å². The van der Waals surface area contributed by atoms with Gasteiger partial charge in [-0.25, -0.2) is 17.9 Å². The molecular formula is C11H16N2O6S2. The van der Waals surface area contributed by atoms with Crippen molar-refractivity contribution in [2.24, 2.45) is 0 Å². The lowest BCUT2D eigenvalue weighted by Crippen LogP contribution is -2.57. The van der Waals surface area contributed by atoms with Gasteiger partial charge in [0.05, 0.1) is 13.2 Å². The number of carboxylic acids is 1. The number of ether oxygens (including phenoxy) is 1. The zero-order valence-electron chi connectivity index (χ0n) is 11.5. The Hall–Kier alpha value is -1.49. The number of carbonyl (C=O) groups is 2. The van der Waals surface area contributed by atoms with E-state index in [2.05, 4.69) is 10.0 Å². The van der Waals surface area contributed by atoms with E-state index in [0.717, 1.165) is 11.3 Å². The minimum Gasteiger partial charge on any atom is -0.479 e. The molecule has 1 rings (SSSR count). The molecule has 0 bridgehead atoms. The smallest absolute Gasteiger partial charge is 0.331 e. The van der Waals surface area contributed by atoms with Crippen molar-refractivity contribution < 1.29 is 27.9 Å². The van der Waals surface area contributed by atoms with E-state index in [1.54, 1.807) is 11.4 Å². The second kappa shape index (κ2) is 6.98. The maximum absolute atomic E-state index is 11.8. The predicted octanol–water partition coefficient (Wildman–Crippen LogP) is -0.368. The van der Waals surface area contributed by atoms with Gasteiger partial charge in [-0.05, 0) is 18.4 Å². The van der Waals surface area contributed by atoms with Crippen LogP contribution < -0.4 is 10.0 Å². The van der Waals surface area contributed by atoms with E-state index in [-0.39, 0.29) is 10.8 Å². The SMILES string of the molecule is COCC(C)(NC(=O)CNS(=O)(=O)c1cccs1)C(=O)O. The van der Waals surface area contributed by atoms with Crippen LogP contribution in [0.4, 0.5) is 0 Å². The molecule has 0 saturated carbocycles. The van der Waals surface area contributed by atoms with E-state index in [9.17, 15) is 18.0 Å². The highest BCUT2D eigenvalue weighted by Crippen LogP contribution is 2.14. The Kier molecular flexibility index (Phi) is 5.84. The molecule has 1 aromatic rings. The second-order valence-corrected chi connectivity index (χ2v) is 7.32. The summed E-state index contributed by atoms with van der Waals surface area (Å²) in [6.07, 6.45) is 0. The molecule has 0 aliphatic heterocycles. The van der Waals surface area contributed by atoms with Crippen molar-refractivity contribution in [1.82, 2.24) is 10.0 Å². The maximum atomic E-state index is 11.8. The van der Waals surface area contributed by atoms with Crippen molar-refractivity contribution in [1.29, 1.82) is 0 Å². The molecule has 1 unspecified atom stereocenters. The van der Waals surface area contributed by atoms with Gasteiger partial charge in [0.2, 0.25) is 5.91 Å². The molecule has 0 saturated heterocycles. The molecule has 0 aliphatic rings. The van der Waals surface area contributed by atoms with Crippen molar-refractivity contribution in [3.63, 3.8) is 0 Å². The van der Waals surface area contributed by atoms with Gasteiger partial charge in [0.1, 0.15) is 4.21 Å². The first-order valence-corrected chi connectivity index (χ1v) is 8.14. The molecule has 0 spiro atoms. The van der Waals surface area contributed by atoms with Crippen molar-refractivity contribution >= 4 is 33.2 Å². The van der Waals surface area contributed by atoms with E-state index in [1.807, 2.05) is 0 Å². The minimum absolute atomic E-state index is 0.0770. The first kappa shape index (κ1) is 17.6. The van der Waals surface area contributed by atoms with Crippen LogP contribution in [0.3, 0.4) is 0 Å². The molecular weight excluding hydrogens is 320 g/mol. The highest BCUT2D eigenvalue weighted by atomic mass is 32.2. The quantitative estimate of drug-likeness (QED) is 0.595. The van der Waals surface area contributed by atoms with Crippen LogP contribution >= 0.6 is 11.3 Å². The summed E-state index contributed by atoms with van der Waals surface area (Å²) in [7, 11) is -2.47. The standard InChI is InChI=1S/C11H16N2O6S2/c1-11(7-19-2,10(15)16)13-8(14)6-12-21(17,18)9-4-3-5-20-9/h3-5,12H,6-7H2,1-2H3,(H,13,14)(H,15,16). The molecule has 0 aromatic carbocycles. The summed E-state index contributed by atoms with van der Waals surface area (Å²) in [5.74, 6) is -2.05. The molecule has 1 aromatic heterocycles. The van der Waals surface area contributed by atoms with Crippen molar-refractivity contribution in [3.8, 4) is 0 Å². The highest BCUT2D eigenvalue weighted by molar-refractivity contribution is 7.91. The summed E-state index contributed by atoms with van der Waals surface area (Å²) in [6.45, 7) is 0.461. The van der Waals surface area contributed by atoms with Gasteiger partial charge in [-0.15, -0.1) is 11.3 Å². The molecule has 0 aliphatic carbocycles. The minimum atomic E-state index is -3.77. The number of amides is 1. The first-order valence-electron chi connectivity index (χ1n) is 5.78. The Balaban J connectivity index is 2.64. The lowest BCUT2D eigenvalue weighted by atomic mass is 10.0. The second-order valence-electron chi connectivity index (χ2n) is 4.38. The zero-order chi connectivity index (χ0) is 16.1. The average Bonchev–Trinajstić information content (AvgIpc) is 2.91. The fourth-order valence-corrected chi connectivity index (χ4v) is 3.46. The van der Waals surface area contributed by atoms with Crippen LogP contribution in [-0.2, 0) is 24.3 Å². The van der Waals surface area contributed by atoms with Gasteiger partial charge in [-0.3, -0.25) is 4.79 Å². The third-order valence-electron chi connectivity index (χ3n) is 2.50. The van der Waals surface area contributed by atoms with Crippen molar-refractivity contribution in [2.75, 3.05) is 20.3 Å². The Morgan fingerprint density at radius 2 is 2.14 bits per heavy atom. The summed E-state index contributed by atoms with van der Waals surface area (Å²) >= 11 is 1.01. The summed E-state index contributed by atoms with van der Waals surface area (Å²) in [5, 5.41) is 12.9. The normalized spacial score (nSPS) is 14.4. The van der Waals surface area contributed by atoms with Crippen LogP contribution in [-0.4, -0.2) is 51.2 Å². The number of carboxylic acid groups (broad SMARTS) is 1. The number of hydrogen-bond acceptors (Lipinski definition) is 6. The molecule has 10 heteroatoms. The average molecular weight is 336 g/mol. The molecule has 21 heavy (non-hydrogen) atoms. The van der Waals surface area contributed by atoms with Crippen LogP contribution in [0.5, 0.6) is 0 Å². The Morgan fingerprint density at radius 1 is 1.48 bits per heavy atom. The van der Waals surface area contributed by atoms with E-state index in [0.29, 0.717) is 0 Å². The van der Waals surface area contributed by atoms with Crippen LogP contribution in [0.2, 0.25) is 0 Å². The van der Waals surface area contributed by atoms with Gasteiger partial charge < -0.3 is 15.2 Å². The summed E-state index contributed by atoms with van der Waals surface area (Å²) in [6, 6.07) is 2.97. The van der Waals surface area contributed by atoms with Crippen LogP contribution in [0.1, 0.15) is 6.92 Å². The van der Waals surface area contributed by atoms with E-state index >= 15 is 0 Å². The Labute approximate surface area is 126 Å². The largest absolute Gasteiger partial charge is 0.479 e. The molecule has 1 heterocycles. The monoisotopic (exact) mass is 336 g/mol. The zero-order valence-corrected chi connectivity index (χ0v) is 13.1. The van der Waals surface area contributed by atoms with Gasteiger partial charge in [-0.2, -0.15) is 0 Å². The van der Waals surface area contributed by atoms with Crippen LogP contribution in [0.25, 0.3) is 0 Å². The number of hydrogen-bond donors (Lipinski definition) is 3.